The second kappa shape index (κ2) is 7.47. The molecule has 0 bridgehead atoms. The third kappa shape index (κ3) is 3.30. The molecule has 2 aliphatic heterocycles. The molecule has 0 spiro atoms. The number of carbonyl (C=O) groups is 2. The van der Waals surface area contributed by atoms with Crippen molar-refractivity contribution in [1.29, 1.82) is 0 Å². The van der Waals surface area contributed by atoms with Gasteiger partial charge in [0.15, 0.2) is 5.65 Å². The van der Waals surface area contributed by atoms with Crippen LogP contribution in [0.25, 0.3) is 11.2 Å². The molecular formula is C21H21FN6O2. The number of halogens is 1. The highest BCUT2D eigenvalue weighted by molar-refractivity contribution is 6.00. The maximum absolute atomic E-state index is 13.2. The Morgan fingerprint density at radius 3 is 2.77 bits per heavy atom. The number of aromatic nitrogens is 4. The molecule has 8 nitrogen and oxygen atoms in total. The average molecular weight is 408 g/mol. The van der Waals surface area contributed by atoms with Crippen molar-refractivity contribution in [3.8, 4) is 0 Å². The van der Waals surface area contributed by atoms with Crippen molar-refractivity contribution in [1.82, 2.24) is 25.1 Å². The Balaban J connectivity index is 1.30. The van der Waals surface area contributed by atoms with Gasteiger partial charge in [-0.15, -0.1) is 0 Å². The molecule has 2 fully saturated rings. The van der Waals surface area contributed by atoms with Gasteiger partial charge in [-0.1, -0.05) is 0 Å². The van der Waals surface area contributed by atoms with Crippen molar-refractivity contribution in [2.75, 3.05) is 24.5 Å². The van der Waals surface area contributed by atoms with Crippen LogP contribution >= 0.6 is 0 Å². The summed E-state index contributed by atoms with van der Waals surface area (Å²) in [5, 5.41) is 7.27. The molecule has 1 N–H and O–H groups in total. The average Bonchev–Trinajstić information content (AvgIpc) is 3.38. The van der Waals surface area contributed by atoms with Crippen molar-refractivity contribution in [2.24, 2.45) is 5.92 Å². The molecule has 3 aromatic rings. The van der Waals surface area contributed by atoms with E-state index in [2.05, 4.69) is 20.2 Å². The fourth-order valence-corrected chi connectivity index (χ4v) is 4.47. The fourth-order valence-electron chi connectivity index (χ4n) is 4.47. The van der Waals surface area contributed by atoms with Crippen LogP contribution in [0.1, 0.15) is 30.9 Å². The van der Waals surface area contributed by atoms with Crippen LogP contribution in [0.5, 0.6) is 0 Å². The molecule has 2 amide bonds. The lowest BCUT2D eigenvalue weighted by Crippen LogP contribution is -2.43. The van der Waals surface area contributed by atoms with Gasteiger partial charge in [-0.2, -0.15) is 5.10 Å². The quantitative estimate of drug-likeness (QED) is 0.717. The van der Waals surface area contributed by atoms with Crippen LogP contribution in [-0.2, 0) is 9.59 Å². The van der Waals surface area contributed by atoms with E-state index < -0.39 is 0 Å². The summed E-state index contributed by atoms with van der Waals surface area (Å²) >= 11 is 0. The number of nitrogens with zero attached hydrogens (tertiary/aromatic N) is 5. The van der Waals surface area contributed by atoms with Crippen LogP contribution in [0.2, 0.25) is 0 Å². The SMILES string of the molecule is O=C([C@H]1CC(=O)N(c2ccc(F)cc2)C1)N1CCC[C@H](c2[nH]nc3nccnc23)C1. The van der Waals surface area contributed by atoms with Crippen LogP contribution in [-0.4, -0.2) is 56.5 Å². The highest BCUT2D eigenvalue weighted by Crippen LogP contribution is 2.32. The molecule has 30 heavy (non-hydrogen) atoms. The monoisotopic (exact) mass is 408 g/mol. The van der Waals surface area contributed by atoms with E-state index in [1.807, 2.05) is 4.90 Å². The number of amides is 2. The summed E-state index contributed by atoms with van der Waals surface area (Å²) in [6, 6.07) is 5.79. The number of likely N-dealkylation sites (tertiary alicyclic amines) is 1. The first-order chi connectivity index (χ1) is 14.6. The molecule has 2 atom stereocenters. The smallest absolute Gasteiger partial charge is 0.228 e. The van der Waals surface area contributed by atoms with Crippen LogP contribution in [0, 0.1) is 11.7 Å². The van der Waals surface area contributed by atoms with Gasteiger partial charge in [0.1, 0.15) is 11.3 Å². The number of aromatic amines is 1. The zero-order valence-electron chi connectivity index (χ0n) is 16.3. The number of hydrogen-bond donors (Lipinski definition) is 1. The Hall–Kier alpha value is -3.36. The minimum absolute atomic E-state index is 0.00688. The number of carbonyl (C=O) groups excluding carboxylic acids is 2. The second-order valence-electron chi connectivity index (χ2n) is 7.87. The van der Waals surface area contributed by atoms with Gasteiger partial charge in [-0.05, 0) is 37.1 Å². The van der Waals surface area contributed by atoms with Crippen LogP contribution in [0.15, 0.2) is 36.7 Å². The molecule has 2 aliphatic rings. The predicted octanol–water partition coefficient (Wildman–Crippen LogP) is 2.25. The molecular weight excluding hydrogens is 387 g/mol. The first-order valence-corrected chi connectivity index (χ1v) is 10.1. The number of nitrogens with one attached hydrogen (secondary N) is 1. The topological polar surface area (TPSA) is 95.1 Å². The van der Waals surface area contributed by atoms with Gasteiger partial charge in [0.05, 0.1) is 11.6 Å². The first-order valence-electron chi connectivity index (χ1n) is 10.1. The largest absolute Gasteiger partial charge is 0.342 e. The van der Waals surface area contributed by atoms with E-state index in [0.29, 0.717) is 31.0 Å². The molecule has 1 aromatic carbocycles. The summed E-state index contributed by atoms with van der Waals surface area (Å²) < 4.78 is 13.2. The Kier molecular flexibility index (Phi) is 4.65. The first kappa shape index (κ1) is 18.7. The molecule has 0 unspecified atom stereocenters. The standard InChI is InChI=1S/C21H21FN6O2/c22-15-3-5-16(6-4-15)28-12-14(10-17(28)29)21(30)27-9-1-2-13(11-27)18-19-20(26-25-18)24-8-7-23-19/h3-8,13-14H,1-2,9-12H2,(H,24,25,26)/t13-,14-/m0/s1. The van der Waals surface area contributed by atoms with Crippen LogP contribution in [0.4, 0.5) is 10.1 Å². The van der Waals surface area contributed by atoms with Gasteiger partial charge in [0.25, 0.3) is 0 Å². The summed E-state index contributed by atoms with van der Waals surface area (Å²) in [4.78, 5) is 37.7. The normalized spacial score (nSPS) is 22.1. The summed E-state index contributed by atoms with van der Waals surface area (Å²) in [7, 11) is 0. The highest BCUT2D eigenvalue weighted by Gasteiger charge is 2.39. The van der Waals surface area contributed by atoms with E-state index >= 15 is 0 Å². The van der Waals surface area contributed by atoms with E-state index in [4.69, 9.17) is 0 Å². The molecule has 5 rings (SSSR count). The number of hydrogen-bond acceptors (Lipinski definition) is 5. The number of rotatable bonds is 3. The Labute approximate surface area is 172 Å². The fraction of sp³-hybridized carbons (Fsp3) is 0.381. The summed E-state index contributed by atoms with van der Waals surface area (Å²) in [6.07, 6.45) is 5.23. The summed E-state index contributed by atoms with van der Waals surface area (Å²) in [5.74, 6) is -0.751. The molecule has 0 aliphatic carbocycles. The van der Waals surface area contributed by atoms with Gasteiger partial charge in [0.2, 0.25) is 11.8 Å². The maximum Gasteiger partial charge on any atom is 0.228 e. The number of anilines is 1. The van der Waals surface area contributed by atoms with Crippen molar-refractivity contribution in [3.05, 3.63) is 48.2 Å². The summed E-state index contributed by atoms with van der Waals surface area (Å²) in [5.41, 5.74) is 2.85. The van der Waals surface area contributed by atoms with Gasteiger partial charge in [-0.25, -0.2) is 14.4 Å². The van der Waals surface area contributed by atoms with Crippen molar-refractivity contribution >= 4 is 28.7 Å². The third-order valence-corrected chi connectivity index (χ3v) is 5.97. The lowest BCUT2D eigenvalue weighted by Gasteiger charge is -2.33. The molecule has 2 aromatic heterocycles. The Bertz CT molecular complexity index is 1100. The zero-order chi connectivity index (χ0) is 20.7. The number of H-pyrrole nitrogens is 1. The van der Waals surface area contributed by atoms with E-state index in [1.54, 1.807) is 29.4 Å². The molecule has 154 valence electrons. The summed E-state index contributed by atoms with van der Waals surface area (Å²) in [6.45, 7) is 1.56. The third-order valence-electron chi connectivity index (χ3n) is 5.97. The maximum atomic E-state index is 13.2. The number of fused-ring (bicyclic) bond motifs is 1. The Morgan fingerprint density at radius 2 is 1.93 bits per heavy atom. The minimum atomic E-state index is -0.389. The van der Waals surface area contributed by atoms with E-state index in [0.717, 1.165) is 24.1 Å². The highest BCUT2D eigenvalue weighted by atomic mass is 19.1. The molecule has 0 saturated carbocycles. The van der Waals surface area contributed by atoms with Gasteiger partial charge >= 0.3 is 0 Å². The predicted molar refractivity (Wildman–Crippen MR) is 107 cm³/mol. The lowest BCUT2D eigenvalue weighted by atomic mass is 9.93. The molecule has 4 heterocycles. The van der Waals surface area contributed by atoms with Crippen molar-refractivity contribution < 1.29 is 14.0 Å². The van der Waals surface area contributed by atoms with Crippen LogP contribution < -0.4 is 4.90 Å². The zero-order valence-corrected chi connectivity index (χ0v) is 16.3. The van der Waals surface area contributed by atoms with Crippen molar-refractivity contribution in [3.63, 3.8) is 0 Å². The van der Waals surface area contributed by atoms with E-state index in [-0.39, 0.29) is 35.9 Å². The van der Waals surface area contributed by atoms with Gasteiger partial charge in [0, 0.05) is 50.1 Å². The molecule has 9 heteroatoms. The molecule has 0 radical (unpaired) electrons. The van der Waals surface area contributed by atoms with Crippen molar-refractivity contribution in [2.45, 2.75) is 25.2 Å². The molecule has 2 saturated heterocycles. The lowest BCUT2D eigenvalue weighted by molar-refractivity contribution is -0.137. The minimum Gasteiger partial charge on any atom is -0.342 e. The Morgan fingerprint density at radius 1 is 1.13 bits per heavy atom. The second-order valence-corrected chi connectivity index (χ2v) is 7.87. The van der Waals surface area contributed by atoms with E-state index in [1.165, 1.54) is 12.1 Å². The van der Waals surface area contributed by atoms with Crippen LogP contribution in [0.3, 0.4) is 0 Å². The van der Waals surface area contributed by atoms with E-state index in [9.17, 15) is 14.0 Å². The number of benzene rings is 1. The van der Waals surface area contributed by atoms with Gasteiger partial charge < -0.3 is 9.80 Å². The number of piperidine rings is 1. The van der Waals surface area contributed by atoms with Gasteiger partial charge in [-0.3, -0.25) is 14.7 Å².